The molecule has 0 fully saturated rings. The molecule has 0 unspecified atom stereocenters. The summed E-state index contributed by atoms with van der Waals surface area (Å²) in [4.78, 5) is 16.8. The fourth-order valence-electron chi connectivity index (χ4n) is 2.84. The highest BCUT2D eigenvalue weighted by Crippen LogP contribution is 2.20. The van der Waals surface area contributed by atoms with Gasteiger partial charge in [0.05, 0.1) is 18.4 Å². The number of para-hydroxylation sites is 1. The largest absolute Gasteiger partial charge is 0.439 e. The van der Waals surface area contributed by atoms with E-state index in [9.17, 15) is 4.79 Å². The number of nitrogens with one attached hydrogen (secondary N) is 1. The van der Waals surface area contributed by atoms with Gasteiger partial charge in [-0.3, -0.25) is 4.79 Å². The van der Waals surface area contributed by atoms with Crippen LogP contribution in [0.3, 0.4) is 0 Å². The van der Waals surface area contributed by atoms with Crippen LogP contribution in [0.1, 0.15) is 11.1 Å². The maximum atomic E-state index is 12.5. The van der Waals surface area contributed by atoms with Crippen molar-refractivity contribution in [3.63, 3.8) is 0 Å². The summed E-state index contributed by atoms with van der Waals surface area (Å²) in [6.45, 7) is 0.814. The number of hydrogen-bond acceptors (Lipinski definition) is 5. The number of rotatable bonds is 7. The van der Waals surface area contributed by atoms with Crippen LogP contribution in [0.15, 0.2) is 90.0 Å². The van der Waals surface area contributed by atoms with Gasteiger partial charge in [-0.25, -0.2) is 9.67 Å². The maximum Gasteiger partial charge on any atom is 0.287 e. The molecule has 4 aromatic rings. The SMILES string of the molecule is O=c1c(Cl)c(NCc2ccc(Oc3ccccc3)nc2)cnn1Cc1ccccc1. The molecule has 2 aromatic carbocycles. The van der Waals surface area contributed by atoms with Crippen LogP contribution in [0.5, 0.6) is 11.6 Å². The predicted molar refractivity (Wildman–Crippen MR) is 117 cm³/mol. The minimum absolute atomic E-state index is 0.109. The lowest BCUT2D eigenvalue weighted by atomic mass is 10.2. The van der Waals surface area contributed by atoms with Gasteiger partial charge in [0.15, 0.2) is 0 Å². The van der Waals surface area contributed by atoms with E-state index >= 15 is 0 Å². The summed E-state index contributed by atoms with van der Waals surface area (Å²) in [6.07, 6.45) is 3.27. The fraction of sp³-hybridized carbons (Fsp3) is 0.0870. The first-order valence-electron chi connectivity index (χ1n) is 9.40. The minimum Gasteiger partial charge on any atom is -0.439 e. The first-order chi connectivity index (χ1) is 14.7. The molecule has 2 aromatic heterocycles. The zero-order valence-corrected chi connectivity index (χ0v) is 16.8. The van der Waals surface area contributed by atoms with Crippen molar-refractivity contribution < 1.29 is 4.74 Å². The first-order valence-corrected chi connectivity index (χ1v) is 9.78. The van der Waals surface area contributed by atoms with Gasteiger partial charge in [-0.05, 0) is 23.3 Å². The number of benzene rings is 2. The molecule has 4 rings (SSSR count). The lowest BCUT2D eigenvalue weighted by molar-refractivity contribution is 0.462. The normalized spacial score (nSPS) is 10.6. The average molecular weight is 419 g/mol. The molecule has 0 bridgehead atoms. The van der Waals surface area contributed by atoms with Gasteiger partial charge in [-0.1, -0.05) is 66.2 Å². The van der Waals surface area contributed by atoms with E-state index < -0.39 is 0 Å². The Bertz CT molecular complexity index is 1160. The van der Waals surface area contributed by atoms with Crippen molar-refractivity contribution in [2.75, 3.05) is 5.32 Å². The third kappa shape index (κ3) is 4.85. The van der Waals surface area contributed by atoms with Gasteiger partial charge in [0.2, 0.25) is 5.88 Å². The Morgan fingerprint density at radius 1 is 0.900 bits per heavy atom. The molecule has 7 heteroatoms. The van der Waals surface area contributed by atoms with E-state index in [1.165, 1.54) is 4.68 Å². The molecule has 0 aliphatic heterocycles. The summed E-state index contributed by atoms with van der Waals surface area (Å²) < 4.78 is 7.03. The molecule has 1 N–H and O–H groups in total. The van der Waals surface area contributed by atoms with Gasteiger partial charge < -0.3 is 10.1 Å². The van der Waals surface area contributed by atoms with Crippen LogP contribution < -0.4 is 15.6 Å². The minimum atomic E-state index is -0.338. The number of halogens is 1. The van der Waals surface area contributed by atoms with E-state index in [0.29, 0.717) is 24.7 Å². The van der Waals surface area contributed by atoms with Gasteiger partial charge in [0.25, 0.3) is 5.56 Å². The summed E-state index contributed by atoms with van der Waals surface area (Å²) in [6, 6.07) is 22.8. The Morgan fingerprint density at radius 2 is 1.63 bits per heavy atom. The second-order valence-electron chi connectivity index (χ2n) is 6.59. The van der Waals surface area contributed by atoms with E-state index in [1.54, 1.807) is 18.5 Å². The van der Waals surface area contributed by atoms with E-state index in [0.717, 1.165) is 16.9 Å². The number of aromatic nitrogens is 3. The quantitative estimate of drug-likeness (QED) is 0.469. The highest BCUT2D eigenvalue weighted by molar-refractivity contribution is 6.32. The van der Waals surface area contributed by atoms with Crippen molar-refractivity contribution in [1.29, 1.82) is 0 Å². The second kappa shape index (κ2) is 9.24. The van der Waals surface area contributed by atoms with Crippen LogP contribution >= 0.6 is 11.6 Å². The third-order valence-electron chi connectivity index (χ3n) is 4.41. The molecule has 0 aliphatic rings. The molecule has 0 spiro atoms. The van der Waals surface area contributed by atoms with Crippen LogP contribution in [0.4, 0.5) is 5.69 Å². The fourth-order valence-corrected chi connectivity index (χ4v) is 3.05. The topological polar surface area (TPSA) is 69.0 Å². The van der Waals surface area contributed by atoms with Crippen molar-refractivity contribution in [2.45, 2.75) is 13.1 Å². The number of ether oxygens (including phenoxy) is 1. The van der Waals surface area contributed by atoms with Crippen molar-refractivity contribution >= 4 is 17.3 Å². The number of nitrogens with zero attached hydrogens (tertiary/aromatic N) is 3. The molecule has 30 heavy (non-hydrogen) atoms. The van der Waals surface area contributed by atoms with Crippen LogP contribution in [-0.2, 0) is 13.1 Å². The Kier molecular flexibility index (Phi) is 6.06. The van der Waals surface area contributed by atoms with Crippen molar-refractivity contribution in [3.8, 4) is 11.6 Å². The van der Waals surface area contributed by atoms with Crippen molar-refractivity contribution in [3.05, 3.63) is 112 Å². The lowest BCUT2D eigenvalue weighted by Gasteiger charge is -2.11. The van der Waals surface area contributed by atoms with Crippen LogP contribution in [0.25, 0.3) is 0 Å². The standard InChI is InChI=1S/C23H19ClN4O2/c24-22-20(15-27-28(23(22)29)16-17-7-3-1-4-8-17)25-13-18-11-12-21(26-14-18)30-19-9-5-2-6-10-19/h1-12,14-15,25H,13,16H2. The summed E-state index contributed by atoms with van der Waals surface area (Å²) in [5.74, 6) is 1.23. The van der Waals surface area contributed by atoms with Gasteiger partial charge in [-0.15, -0.1) is 0 Å². The van der Waals surface area contributed by atoms with Gasteiger partial charge >= 0.3 is 0 Å². The summed E-state index contributed by atoms with van der Waals surface area (Å²) in [7, 11) is 0. The predicted octanol–water partition coefficient (Wildman–Crippen LogP) is 4.74. The molecule has 6 nitrogen and oxygen atoms in total. The Balaban J connectivity index is 1.40. The van der Waals surface area contributed by atoms with Gasteiger partial charge in [0.1, 0.15) is 10.8 Å². The summed E-state index contributed by atoms with van der Waals surface area (Å²) >= 11 is 6.27. The maximum absolute atomic E-state index is 12.5. The summed E-state index contributed by atoms with van der Waals surface area (Å²) in [5.41, 5.74) is 2.04. The monoisotopic (exact) mass is 418 g/mol. The molecule has 0 aliphatic carbocycles. The van der Waals surface area contributed by atoms with E-state index in [4.69, 9.17) is 16.3 Å². The van der Waals surface area contributed by atoms with Crippen molar-refractivity contribution in [2.24, 2.45) is 0 Å². The number of hydrogen-bond donors (Lipinski definition) is 1. The Labute approximate surface area is 178 Å². The van der Waals surface area contributed by atoms with Gasteiger partial charge in [-0.2, -0.15) is 5.10 Å². The molecule has 0 saturated heterocycles. The third-order valence-corrected chi connectivity index (χ3v) is 4.77. The molecule has 0 radical (unpaired) electrons. The molecule has 2 heterocycles. The summed E-state index contributed by atoms with van der Waals surface area (Å²) in [5, 5.41) is 7.48. The molecule has 150 valence electrons. The van der Waals surface area contributed by atoms with Crippen molar-refractivity contribution in [1.82, 2.24) is 14.8 Å². The molecule has 0 amide bonds. The number of pyridine rings is 1. The molecule has 0 saturated carbocycles. The Hall–Kier alpha value is -3.64. The van der Waals surface area contributed by atoms with Crippen LogP contribution in [0, 0.1) is 0 Å². The molecule has 0 atom stereocenters. The van der Waals surface area contributed by atoms with Crippen LogP contribution in [0.2, 0.25) is 5.02 Å². The zero-order valence-electron chi connectivity index (χ0n) is 16.0. The van der Waals surface area contributed by atoms with Crippen LogP contribution in [-0.4, -0.2) is 14.8 Å². The average Bonchev–Trinajstić information content (AvgIpc) is 2.79. The molecular weight excluding hydrogens is 400 g/mol. The van der Waals surface area contributed by atoms with E-state index in [1.807, 2.05) is 66.7 Å². The van der Waals surface area contributed by atoms with E-state index in [-0.39, 0.29) is 10.6 Å². The lowest BCUT2D eigenvalue weighted by Crippen LogP contribution is -2.24. The van der Waals surface area contributed by atoms with E-state index in [2.05, 4.69) is 15.4 Å². The van der Waals surface area contributed by atoms with Gasteiger partial charge in [0, 0.05) is 18.8 Å². The first kappa shape index (κ1) is 19.7. The second-order valence-corrected chi connectivity index (χ2v) is 6.97. The smallest absolute Gasteiger partial charge is 0.287 e. The number of anilines is 1. The Morgan fingerprint density at radius 3 is 2.33 bits per heavy atom. The zero-order chi connectivity index (χ0) is 20.8. The highest BCUT2D eigenvalue weighted by Gasteiger charge is 2.10. The molecular formula is C23H19ClN4O2. The highest BCUT2D eigenvalue weighted by atomic mass is 35.5.